The number of piperazine rings is 1. The fraction of sp³-hybridized carbons (Fsp3) is 0.667. The highest BCUT2D eigenvalue weighted by molar-refractivity contribution is 5.94. The van der Waals surface area contributed by atoms with E-state index in [0.29, 0.717) is 6.54 Å². The second kappa shape index (κ2) is 10.0. The number of piperidine rings is 1. The van der Waals surface area contributed by atoms with E-state index >= 15 is 0 Å². The molecule has 0 spiro atoms. The van der Waals surface area contributed by atoms with Crippen LogP contribution >= 0.6 is 0 Å². The first-order valence-corrected chi connectivity index (χ1v) is 11.4. The molecular weight excluding hydrogens is 392 g/mol. The van der Waals surface area contributed by atoms with E-state index in [1.165, 1.54) is 5.56 Å². The molecule has 2 fully saturated rings. The first-order chi connectivity index (χ1) is 14.6. The molecule has 7 nitrogen and oxygen atoms in total. The Labute approximate surface area is 186 Å². The van der Waals surface area contributed by atoms with E-state index in [1.807, 2.05) is 44.7 Å². The molecule has 2 atom stereocenters. The van der Waals surface area contributed by atoms with Crippen molar-refractivity contribution in [3.05, 3.63) is 35.4 Å². The smallest absolute Gasteiger partial charge is 0.407 e. The molecule has 3 rings (SSSR count). The molecule has 2 aliphatic rings. The van der Waals surface area contributed by atoms with Gasteiger partial charge in [-0.25, -0.2) is 4.79 Å². The van der Waals surface area contributed by atoms with Crippen LogP contribution in [-0.2, 0) is 11.3 Å². The van der Waals surface area contributed by atoms with Gasteiger partial charge >= 0.3 is 6.09 Å². The lowest BCUT2D eigenvalue weighted by molar-refractivity contribution is 0.0440. The maximum absolute atomic E-state index is 13.1. The van der Waals surface area contributed by atoms with Gasteiger partial charge in [-0.15, -0.1) is 0 Å². The molecule has 0 saturated carbocycles. The SMILES string of the molecule is C[C@@H]1C[C@@H](NC(=O)OC(C)(C)C)CCN1C(=O)c1ccc(CN2CCN(C)CC2)cc1. The fourth-order valence-electron chi connectivity index (χ4n) is 4.26. The lowest BCUT2D eigenvalue weighted by Crippen LogP contribution is -2.51. The molecule has 0 unspecified atom stereocenters. The zero-order chi connectivity index (χ0) is 22.6. The number of ether oxygens (including phenoxy) is 1. The van der Waals surface area contributed by atoms with Crippen LogP contribution in [0.25, 0.3) is 0 Å². The molecule has 2 heterocycles. The number of hydrogen-bond donors (Lipinski definition) is 1. The van der Waals surface area contributed by atoms with Gasteiger partial charge < -0.3 is 19.9 Å². The molecule has 1 aromatic carbocycles. The predicted molar refractivity (Wildman–Crippen MR) is 122 cm³/mol. The molecule has 172 valence electrons. The number of carbonyl (C=O) groups is 2. The summed E-state index contributed by atoms with van der Waals surface area (Å²) in [4.78, 5) is 31.8. The molecule has 2 amide bonds. The van der Waals surface area contributed by atoms with Crippen molar-refractivity contribution < 1.29 is 14.3 Å². The average Bonchev–Trinajstić information content (AvgIpc) is 2.68. The van der Waals surface area contributed by atoms with Crippen molar-refractivity contribution >= 4 is 12.0 Å². The highest BCUT2D eigenvalue weighted by Crippen LogP contribution is 2.21. The number of benzene rings is 1. The van der Waals surface area contributed by atoms with Crippen LogP contribution in [0.15, 0.2) is 24.3 Å². The summed E-state index contributed by atoms with van der Waals surface area (Å²) in [6, 6.07) is 8.14. The first kappa shape index (κ1) is 23.5. The molecule has 1 aromatic rings. The number of amides is 2. The summed E-state index contributed by atoms with van der Waals surface area (Å²) < 4.78 is 5.35. The molecule has 7 heteroatoms. The number of nitrogens with one attached hydrogen (secondary N) is 1. The van der Waals surface area contributed by atoms with Crippen molar-refractivity contribution in [2.45, 2.75) is 64.8 Å². The Morgan fingerprint density at radius 2 is 1.71 bits per heavy atom. The Morgan fingerprint density at radius 3 is 2.29 bits per heavy atom. The molecule has 2 saturated heterocycles. The Morgan fingerprint density at radius 1 is 1.06 bits per heavy atom. The van der Waals surface area contributed by atoms with Gasteiger partial charge in [0.1, 0.15) is 5.60 Å². The molecular formula is C24H38N4O3. The summed E-state index contributed by atoms with van der Waals surface area (Å²) in [5, 5.41) is 2.95. The number of hydrogen-bond acceptors (Lipinski definition) is 5. The van der Waals surface area contributed by atoms with Crippen LogP contribution in [0.4, 0.5) is 4.79 Å². The summed E-state index contributed by atoms with van der Waals surface area (Å²) in [5.74, 6) is 0.0642. The maximum Gasteiger partial charge on any atom is 0.407 e. The molecule has 31 heavy (non-hydrogen) atoms. The van der Waals surface area contributed by atoms with Crippen LogP contribution in [0.2, 0.25) is 0 Å². The van der Waals surface area contributed by atoms with E-state index < -0.39 is 5.60 Å². The topological polar surface area (TPSA) is 65.1 Å². The van der Waals surface area contributed by atoms with Crippen LogP contribution < -0.4 is 5.32 Å². The third kappa shape index (κ3) is 6.94. The minimum Gasteiger partial charge on any atom is -0.444 e. The zero-order valence-electron chi connectivity index (χ0n) is 19.7. The molecule has 0 bridgehead atoms. The second-order valence-corrected chi connectivity index (χ2v) is 9.99. The van der Waals surface area contributed by atoms with Crippen molar-refractivity contribution in [3.63, 3.8) is 0 Å². The van der Waals surface area contributed by atoms with Gasteiger partial charge in [-0.2, -0.15) is 0 Å². The highest BCUT2D eigenvalue weighted by atomic mass is 16.6. The van der Waals surface area contributed by atoms with Crippen molar-refractivity contribution in [2.24, 2.45) is 0 Å². The number of likely N-dealkylation sites (tertiary alicyclic amines) is 1. The monoisotopic (exact) mass is 430 g/mol. The van der Waals surface area contributed by atoms with Crippen LogP contribution in [0.1, 0.15) is 56.5 Å². The minimum absolute atomic E-state index is 0.0277. The van der Waals surface area contributed by atoms with E-state index in [-0.39, 0.29) is 24.1 Å². The zero-order valence-corrected chi connectivity index (χ0v) is 19.7. The minimum atomic E-state index is -0.511. The normalized spacial score (nSPS) is 23.5. The van der Waals surface area contributed by atoms with Crippen LogP contribution in [0.3, 0.4) is 0 Å². The average molecular weight is 431 g/mol. The van der Waals surface area contributed by atoms with Crippen molar-refractivity contribution in [2.75, 3.05) is 39.8 Å². The lowest BCUT2D eigenvalue weighted by atomic mass is 9.97. The molecule has 0 aromatic heterocycles. The Balaban J connectivity index is 1.50. The van der Waals surface area contributed by atoms with Gasteiger partial charge in [-0.05, 0) is 65.3 Å². The number of likely N-dealkylation sites (N-methyl/N-ethyl adjacent to an activating group) is 1. The predicted octanol–water partition coefficient (Wildman–Crippen LogP) is 2.95. The summed E-state index contributed by atoms with van der Waals surface area (Å²) >= 11 is 0. The second-order valence-electron chi connectivity index (χ2n) is 9.99. The Bertz CT molecular complexity index is 751. The van der Waals surface area contributed by atoms with Gasteiger partial charge in [0.25, 0.3) is 5.91 Å². The fourth-order valence-corrected chi connectivity index (χ4v) is 4.26. The molecule has 1 N–H and O–H groups in total. The Kier molecular flexibility index (Phi) is 7.59. The van der Waals surface area contributed by atoms with Gasteiger partial charge in [0.2, 0.25) is 0 Å². The van der Waals surface area contributed by atoms with Gasteiger partial charge in [0, 0.05) is 56.9 Å². The number of rotatable bonds is 4. The summed E-state index contributed by atoms with van der Waals surface area (Å²) in [5.41, 5.74) is 1.46. The third-order valence-electron chi connectivity index (χ3n) is 6.06. The summed E-state index contributed by atoms with van der Waals surface area (Å²) in [6.07, 6.45) is 1.07. The van der Waals surface area contributed by atoms with E-state index in [0.717, 1.165) is 51.1 Å². The largest absolute Gasteiger partial charge is 0.444 e. The molecule has 0 aliphatic carbocycles. The van der Waals surface area contributed by atoms with Crippen LogP contribution in [-0.4, -0.2) is 84.2 Å². The quantitative estimate of drug-likeness (QED) is 0.796. The van der Waals surface area contributed by atoms with Crippen LogP contribution in [0, 0.1) is 0 Å². The van der Waals surface area contributed by atoms with Gasteiger partial charge in [-0.3, -0.25) is 9.69 Å². The number of carbonyl (C=O) groups excluding carboxylic acids is 2. The first-order valence-electron chi connectivity index (χ1n) is 11.4. The number of nitrogens with zero attached hydrogens (tertiary/aromatic N) is 3. The van der Waals surface area contributed by atoms with Crippen molar-refractivity contribution in [3.8, 4) is 0 Å². The van der Waals surface area contributed by atoms with Crippen LogP contribution in [0.5, 0.6) is 0 Å². The van der Waals surface area contributed by atoms with Gasteiger partial charge in [0.05, 0.1) is 0 Å². The third-order valence-corrected chi connectivity index (χ3v) is 6.06. The Hall–Kier alpha value is -2.12. The van der Waals surface area contributed by atoms with E-state index in [1.54, 1.807) is 0 Å². The molecule has 2 aliphatic heterocycles. The lowest BCUT2D eigenvalue weighted by Gasteiger charge is -2.38. The van der Waals surface area contributed by atoms with Crippen molar-refractivity contribution in [1.82, 2.24) is 20.0 Å². The molecule has 0 radical (unpaired) electrons. The van der Waals surface area contributed by atoms with Gasteiger partial charge in [0.15, 0.2) is 0 Å². The summed E-state index contributed by atoms with van der Waals surface area (Å²) in [6.45, 7) is 13.5. The van der Waals surface area contributed by atoms with E-state index in [2.05, 4.69) is 34.3 Å². The maximum atomic E-state index is 13.1. The van der Waals surface area contributed by atoms with E-state index in [4.69, 9.17) is 4.74 Å². The summed E-state index contributed by atoms with van der Waals surface area (Å²) in [7, 11) is 2.16. The van der Waals surface area contributed by atoms with E-state index in [9.17, 15) is 9.59 Å². The van der Waals surface area contributed by atoms with Gasteiger partial charge in [-0.1, -0.05) is 12.1 Å². The van der Waals surface area contributed by atoms with Crippen molar-refractivity contribution in [1.29, 1.82) is 0 Å². The highest BCUT2D eigenvalue weighted by Gasteiger charge is 2.31. The standard InChI is InChI=1S/C24H38N4O3/c1-18-16-21(25-23(30)31-24(2,3)4)10-11-28(18)22(29)20-8-6-19(7-9-20)17-27-14-12-26(5)13-15-27/h6-9,18,21H,10-17H2,1-5H3,(H,25,30)/t18-,21+/m1/s1. The number of alkyl carbamates (subject to hydrolysis) is 1.